The number of benzene rings is 1. The summed E-state index contributed by atoms with van der Waals surface area (Å²) in [6.45, 7) is 2.86. The number of hydrogen-bond acceptors (Lipinski definition) is 7. The average molecular weight is 533 g/mol. The van der Waals surface area contributed by atoms with Gasteiger partial charge in [-0.3, -0.25) is 19.4 Å². The van der Waals surface area contributed by atoms with Crippen LogP contribution in [0.4, 0.5) is 0 Å². The second-order valence-corrected chi connectivity index (χ2v) is 8.99. The molecule has 208 valence electrons. The molecule has 2 aromatic rings. The van der Waals surface area contributed by atoms with Crippen molar-refractivity contribution in [3.8, 4) is 0 Å². The molecule has 0 radical (unpaired) electrons. The molecule has 12 N–H and O–H groups in total. The van der Waals surface area contributed by atoms with Gasteiger partial charge in [0, 0.05) is 30.1 Å². The predicted octanol–water partition coefficient (Wildman–Crippen LogP) is -1.97. The van der Waals surface area contributed by atoms with Gasteiger partial charge in [-0.05, 0) is 38.3 Å². The van der Waals surface area contributed by atoms with Crippen molar-refractivity contribution in [2.45, 2.75) is 63.4 Å². The first-order chi connectivity index (χ1) is 17.9. The monoisotopic (exact) mass is 532 g/mol. The lowest BCUT2D eigenvalue weighted by atomic mass is 10.0. The number of H-pyrrole nitrogens is 1. The van der Waals surface area contributed by atoms with E-state index >= 15 is 0 Å². The number of carbonyl (C=O) groups excluding carboxylic acids is 3. The Kier molecular flexibility index (Phi) is 11.0. The summed E-state index contributed by atoms with van der Waals surface area (Å²) in [4.78, 5) is 57.0. The number of rotatable bonds is 14. The van der Waals surface area contributed by atoms with Gasteiger partial charge in [-0.15, -0.1) is 0 Å². The number of nitrogens with two attached hydrogens (primary N) is 3. The van der Waals surface area contributed by atoms with Crippen LogP contribution in [-0.4, -0.2) is 81.7 Å². The van der Waals surface area contributed by atoms with E-state index in [1.54, 1.807) is 6.20 Å². The Morgan fingerprint density at radius 1 is 1.00 bits per heavy atom. The van der Waals surface area contributed by atoms with E-state index in [0.29, 0.717) is 5.56 Å². The van der Waals surface area contributed by atoms with Crippen LogP contribution in [-0.2, 0) is 25.6 Å². The Balaban J connectivity index is 2.21. The largest absolute Gasteiger partial charge is 0.480 e. The molecule has 1 heterocycles. The number of aromatic amines is 1. The van der Waals surface area contributed by atoms with Gasteiger partial charge in [0.05, 0.1) is 12.1 Å². The van der Waals surface area contributed by atoms with Crippen molar-refractivity contribution in [3.05, 3.63) is 36.0 Å². The number of aliphatic imine (C=N–C) groups is 1. The molecule has 0 aliphatic carbocycles. The van der Waals surface area contributed by atoms with Gasteiger partial charge < -0.3 is 48.3 Å². The lowest BCUT2D eigenvalue weighted by Crippen LogP contribution is -2.59. The maximum absolute atomic E-state index is 13.2. The van der Waals surface area contributed by atoms with Gasteiger partial charge in [0.1, 0.15) is 18.1 Å². The van der Waals surface area contributed by atoms with Crippen LogP contribution in [0.1, 0.15) is 32.3 Å². The quantitative estimate of drug-likeness (QED) is 0.0742. The Morgan fingerprint density at radius 2 is 1.66 bits per heavy atom. The van der Waals surface area contributed by atoms with Gasteiger partial charge in [0.25, 0.3) is 0 Å². The number of aliphatic hydroxyl groups excluding tert-OH is 1. The number of aromatic nitrogens is 1. The number of guanidine groups is 1. The number of nitrogens with one attached hydrogen (secondary N) is 4. The number of fused-ring (bicyclic) bond motifs is 1. The zero-order valence-electron chi connectivity index (χ0n) is 21.3. The summed E-state index contributed by atoms with van der Waals surface area (Å²) >= 11 is 0. The first-order valence-corrected chi connectivity index (χ1v) is 12.1. The third-order valence-electron chi connectivity index (χ3n) is 5.77. The van der Waals surface area contributed by atoms with Crippen LogP contribution in [0.5, 0.6) is 0 Å². The molecule has 1 aromatic heterocycles. The van der Waals surface area contributed by atoms with E-state index < -0.39 is 54.0 Å². The third kappa shape index (κ3) is 8.74. The molecule has 0 spiro atoms. The topological polar surface area (TPSA) is 251 Å². The van der Waals surface area contributed by atoms with Gasteiger partial charge in [-0.25, -0.2) is 4.79 Å². The van der Waals surface area contributed by atoms with Crippen LogP contribution < -0.4 is 33.2 Å². The van der Waals surface area contributed by atoms with Crippen LogP contribution in [0.3, 0.4) is 0 Å². The molecule has 0 aliphatic heterocycles. The lowest BCUT2D eigenvalue weighted by Gasteiger charge is -2.26. The summed E-state index contributed by atoms with van der Waals surface area (Å²) in [6, 6.07) is 2.48. The van der Waals surface area contributed by atoms with Crippen molar-refractivity contribution < 1.29 is 29.4 Å². The van der Waals surface area contributed by atoms with Crippen molar-refractivity contribution in [1.29, 1.82) is 0 Å². The summed E-state index contributed by atoms with van der Waals surface area (Å²) in [6.07, 6.45) is 0.663. The van der Waals surface area contributed by atoms with Crippen molar-refractivity contribution in [2.75, 3.05) is 6.54 Å². The molecule has 38 heavy (non-hydrogen) atoms. The van der Waals surface area contributed by atoms with E-state index in [4.69, 9.17) is 17.2 Å². The number of carbonyl (C=O) groups is 4. The Hall–Kier alpha value is -4.17. The Morgan fingerprint density at radius 3 is 2.26 bits per heavy atom. The maximum Gasteiger partial charge on any atom is 0.326 e. The highest BCUT2D eigenvalue weighted by molar-refractivity contribution is 5.94. The van der Waals surface area contributed by atoms with Gasteiger partial charge >= 0.3 is 5.97 Å². The summed E-state index contributed by atoms with van der Waals surface area (Å²) in [5, 5.41) is 28.0. The van der Waals surface area contributed by atoms with Crippen LogP contribution in [0.25, 0.3) is 10.9 Å². The van der Waals surface area contributed by atoms with E-state index in [9.17, 15) is 29.4 Å². The molecule has 14 nitrogen and oxygen atoms in total. The Labute approximate surface area is 219 Å². The van der Waals surface area contributed by atoms with Gasteiger partial charge in [-0.2, -0.15) is 0 Å². The van der Waals surface area contributed by atoms with Crippen LogP contribution in [0.15, 0.2) is 35.5 Å². The van der Waals surface area contributed by atoms with E-state index in [-0.39, 0.29) is 31.8 Å². The highest BCUT2D eigenvalue weighted by Gasteiger charge is 2.32. The first-order valence-electron chi connectivity index (χ1n) is 12.1. The number of nitrogens with zero attached hydrogens (tertiary/aromatic N) is 1. The second-order valence-electron chi connectivity index (χ2n) is 8.99. The third-order valence-corrected chi connectivity index (χ3v) is 5.77. The zero-order chi connectivity index (χ0) is 28.4. The summed E-state index contributed by atoms with van der Waals surface area (Å²) in [7, 11) is 0. The number of carboxylic acids is 1. The highest BCUT2D eigenvalue weighted by atomic mass is 16.4. The molecule has 5 atom stereocenters. The molecule has 0 bridgehead atoms. The molecule has 0 aliphatic rings. The molecular weight excluding hydrogens is 496 g/mol. The standard InChI is InChI=1S/C24H36N8O6/c1-12(25)20(34)32-19(13(2)33)22(36)30-17(8-5-9-28-24(26)27)21(35)31-18(23(37)38)10-14-11-29-16-7-4-3-6-15(14)16/h3-4,6-7,11-13,17-19,29,33H,5,8-10,25H2,1-2H3,(H,30,36)(H,31,35)(H,32,34)(H,37,38)(H4,26,27,28). The maximum atomic E-state index is 13.2. The minimum Gasteiger partial charge on any atom is -0.480 e. The SMILES string of the molecule is CC(N)C(=O)NC(C(=O)NC(CCCN=C(N)N)C(=O)NC(Cc1c[nH]c2ccccc12)C(=O)O)C(C)O. The number of amides is 3. The van der Waals surface area contributed by atoms with Crippen LogP contribution in [0, 0.1) is 0 Å². The average Bonchev–Trinajstić information content (AvgIpc) is 3.25. The van der Waals surface area contributed by atoms with Crippen molar-refractivity contribution in [2.24, 2.45) is 22.2 Å². The van der Waals surface area contributed by atoms with Gasteiger partial charge in [0.15, 0.2) is 5.96 Å². The second kappa shape index (κ2) is 13.9. The number of aliphatic carboxylic acids is 1. The molecular formula is C24H36N8O6. The Bertz CT molecular complexity index is 1160. The highest BCUT2D eigenvalue weighted by Crippen LogP contribution is 2.19. The number of carboxylic acid groups (broad SMARTS) is 1. The van der Waals surface area contributed by atoms with E-state index in [1.165, 1.54) is 13.8 Å². The fourth-order valence-electron chi connectivity index (χ4n) is 3.72. The molecule has 14 heteroatoms. The normalized spacial score (nSPS) is 14.9. The fraction of sp³-hybridized carbons (Fsp3) is 0.458. The minimum absolute atomic E-state index is 0.0134. The summed E-state index contributed by atoms with van der Waals surface area (Å²) < 4.78 is 0. The van der Waals surface area contributed by atoms with Crippen LogP contribution in [0.2, 0.25) is 0 Å². The van der Waals surface area contributed by atoms with E-state index in [1.807, 2.05) is 24.3 Å². The summed E-state index contributed by atoms with van der Waals surface area (Å²) in [5.74, 6) is -3.70. The minimum atomic E-state index is -1.40. The van der Waals surface area contributed by atoms with Crippen molar-refractivity contribution in [3.63, 3.8) is 0 Å². The molecule has 5 unspecified atom stereocenters. The molecule has 0 saturated heterocycles. The zero-order valence-corrected chi connectivity index (χ0v) is 21.3. The first kappa shape index (κ1) is 30.1. The van der Waals surface area contributed by atoms with E-state index in [2.05, 4.69) is 25.9 Å². The molecule has 2 rings (SSSR count). The van der Waals surface area contributed by atoms with E-state index in [0.717, 1.165) is 10.9 Å². The number of aliphatic hydroxyl groups is 1. The lowest BCUT2D eigenvalue weighted by molar-refractivity contribution is -0.142. The fourth-order valence-corrected chi connectivity index (χ4v) is 3.72. The molecule has 3 amide bonds. The summed E-state index contributed by atoms with van der Waals surface area (Å²) in [5.41, 5.74) is 17.7. The number of para-hydroxylation sites is 1. The smallest absolute Gasteiger partial charge is 0.326 e. The van der Waals surface area contributed by atoms with Crippen molar-refractivity contribution >= 4 is 40.6 Å². The molecule has 1 aromatic carbocycles. The molecule has 0 fully saturated rings. The van der Waals surface area contributed by atoms with Crippen LogP contribution >= 0.6 is 0 Å². The number of hydrogen-bond donors (Lipinski definition) is 9. The molecule has 0 saturated carbocycles. The van der Waals surface area contributed by atoms with Crippen molar-refractivity contribution in [1.82, 2.24) is 20.9 Å². The van der Waals surface area contributed by atoms with Gasteiger partial charge in [0.2, 0.25) is 17.7 Å². The predicted molar refractivity (Wildman–Crippen MR) is 141 cm³/mol. The van der Waals surface area contributed by atoms with Gasteiger partial charge in [-0.1, -0.05) is 18.2 Å².